The highest BCUT2D eigenvalue weighted by atomic mass is 16.5. The Hall–Kier alpha value is -3.44. The van der Waals surface area contributed by atoms with Gasteiger partial charge in [-0.3, -0.25) is 14.9 Å². The number of methoxy groups -OCH3 is 1. The van der Waals surface area contributed by atoms with Crippen LogP contribution in [0.3, 0.4) is 0 Å². The number of rotatable bonds is 7. The number of hydrogen-bond donors (Lipinski definition) is 2. The van der Waals surface area contributed by atoms with Crippen LogP contribution in [-0.2, 0) is 9.53 Å². The first-order valence-electron chi connectivity index (χ1n) is 9.40. The predicted molar refractivity (Wildman–Crippen MR) is 114 cm³/mol. The van der Waals surface area contributed by atoms with Gasteiger partial charge in [-0.1, -0.05) is 66.2 Å². The van der Waals surface area contributed by atoms with E-state index >= 15 is 0 Å². The maximum Gasteiger partial charge on any atom is 0.319 e. The highest BCUT2D eigenvalue weighted by Crippen LogP contribution is 2.30. The fourth-order valence-electron chi connectivity index (χ4n) is 3.13. The van der Waals surface area contributed by atoms with Crippen molar-refractivity contribution in [1.82, 2.24) is 5.32 Å². The van der Waals surface area contributed by atoms with Crippen molar-refractivity contribution in [2.75, 3.05) is 19.0 Å². The molecule has 3 aromatic rings. The molecular formula is C24H24N2O3. The monoisotopic (exact) mass is 388 g/mol. The second-order valence-corrected chi connectivity index (χ2v) is 6.71. The molecule has 0 aliphatic rings. The lowest BCUT2D eigenvalue weighted by atomic mass is 9.95. The van der Waals surface area contributed by atoms with Crippen molar-refractivity contribution in [2.45, 2.75) is 13.0 Å². The molecule has 0 fully saturated rings. The molecule has 0 saturated heterocycles. The summed E-state index contributed by atoms with van der Waals surface area (Å²) < 4.78 is 4.78. The molecule has 1 unspecified atom stereocenters. The highest BCUT2D eigenvalue weighted by molar-refractivity contribution is 6.04. The number of carbonyl (C=O) groups is 2. The molecule has 3 aromatic carbocycles. The van der Waals surface area contributed by atoms with E-state index in [1.807, 2.05) is 73.7 Å². The first-order chi connectivity index (χ1) is 14.1. The van der Waals surface area contributed by atoms with Gasteiger partial charge in [0.05, 0.1) is 19.7 Å². The summed E-state index contributed by atoms with van der Waals surface area (Å²) in [6.07, 6.45) is 0. The number of hydrogen-bond acceptors (Lipinski definition) is 4. The topological polar surface area (TPSA) is 67.4 Å². The second-order valence-electron chi connectivity index (χ2n) is 6.71. The van der Waals surface area contributed by atoms with Crippen LogP contribution in [0.5, 0.6) is 0 Å². The van der Waals surface area contributed by atoms with E-state index in [-0.39, 0.29) is 24.5 Å². The number of esters is 1. The van der Waals surface area contributed by atoms with Gasteiger partial charge in [0, 0.05) is 11.3 Å². The summed E-state index contributed by atoms with van der Waals surface area (Å²) in [6, 6.07) is 24.4. The van der Waals surface area contributed by atoms with Gasteiger partial charge in [-0.05, 0) is 36.2 Å². The van der Waals surface area contributed by atoms with Gasteiger partial charge in [0.25, 0.3) is 5.91 Å². The molecule has 0 radical (unpaired) electrons. The van der Waals surface area contributed by atoms with Crippen LogP contribution in [0.2, 0.25) is 0 Å². The van der Waals surface area contributed by atoms with Crippen LogP contribution in [0.1, 0.15) is 33.1 Å². The Bertz CT molecular complexity index is 972. The summed E-state index contributed by atoms with van der Waals surface area (Å²) in [7, 11) is 1.36. The van der Waals surface area contributed by atoms with Gasteiger partial charge in [0.1, 0.15) is 0 Å². The lowest BCUT2D eigenvalue weighted by Gasteiger charge is -2.23. The lowest BCUT2D eigenvalue weighted by Crippen LogP contribution is -2.30. The molecule has 5 nitrogen and oxygen atoms in total. The summed E-state index contributed by atoms with van der Waals surface area (Å²) in [5.74, 6) is -0.538. The Morgan fingerprint density at radius 3 is 2.24 bits per heavy atom. The van der Waals surface area contributed by atoms with Crippen molar-refractivity contribution < 1.29 is 14.3 Å². The van der Waals surface area contributed by atoms with Crippen molar-refractivity contribution in [2.24, 2.45) is 0 Å². The van der Waals surface area contributed by atoms with Gasteiger partial charge in [0.15, 0.2) is 0 Å². The first-order valence-corrected chi connectivity index (χ1v) is 9.40. The van der Waals surface area contributed by atoms with Crippen LogP contribution < -0.4 is 10.6 Å². The molecule has 29 heavy (non-hydrogen) atoms. The zero-order valence-corrected chi connectivity index (χ0v) is 16.5. The molecule has 1 amide bonds. The third-order valence-corrected chi connectivity index (χ3v) is 4.61. The standard InChI is InChI=1S/C24H24N2O3/c1-17-13-14-21(26-24(28)19-11-7-4-8-12-19)20(15-17)23(25-16-22(27)29-2)18-9-5-3-6-10-18/h3-15,23,25H,16H2,1-2H3,(H,26,28). The van der Waals surface area contributed by atoms with Crippen LogP contribution in [-0.4, -0.2) is 25.5 Å². The fraction of sp³-hybridized carbons (Fsp3) is 0.167. The maximum absolute atomic E-state index is 12.7. The molecule has 0 spiro atoms. The number of nitrogens with one attached hydrogen (secondary N) is 2. The van der Waals surface area contributed by atoms with E-state index in [0.29, 0.717) is 11.3 Å². The third-order valence-electron chi connectivity index (χ3n) is 4.61. The van der Waals surface area contributed by atoms with Crippen LogP contribution in [0.4, 0.5) is 5.69 Å². The van der Waals surface area contributed by atoms with Crippen LogP contribution in [0.15, 0.2) is 78.9 Å². The minimum absolute atomic E-state index is 0.0517. The first kappa shape index (κ1) is 20.3. The van der Waals surface area contributed by atoms with Crippen LogP contribution in [0, 0.1) is 6.92 Å². The van der Waals surface area contributed by atoms with Crippen molar-refractivity contribution in [3.05, 3.63) is 101 Å². The average Bonchev–Trinajstić information content (AvgIpc) is 2.76. The molecule has 3 rings (SSSR count). The zero-order chi connectivity index (χ0) is 20.6. The maximum atomic E-state index is 12.7. The number of benzene rings is 3. The molecule has 0 aliphatic heterocycles. The van der Waals surface area contributed by atoms with Crippen LogP contribution >= 0.6 is 0 Å². The largest absolute Gasteiger partial charge is 0.468 e. The lowest BCUT2D eigenvalue weighted by molar-refractivity contribution is -0.139. The third kappa shape index (κ3) is 5.30. The highest BCUT2D eigenvalue weighted by Gasteiger charge is 2.20. The van der Waals surface area contributed by atoms with Crippen molar-refractivity contribution in [3.63, 3.8) is 0 Å². The molecule has 1 atom stereocenters. The molecule has 0 aromatic heterocycles. The van der Waals surface area contributed by atoms with Crippen molar-refractivity contribution >= 4 is 17.6 Å². The Balaban J connectivity index is 1.97. The molecule has 0 aliphatic carbocycles. The quantitative estimate of drug-likeness (QED) is 0.598. The van der Waals surface area contributed by atoms with Gasteiger partial charge in [-0.25, -0.2) is 0 Å². The van der Waals surface area contributed by atoms with Gasteiger partial charge in [-0.2, -0.15) is 0 Å². The smallest absolute Gasteiger partial charge is 0.319 e. The molecule has 148 valence electrons. The summed E-state index contributed by atoms with van der Waals surface area (Å²) >= 11 is 0. The number of anilines is 1. The molecular weight excluding hydrogens is 364 g/mol. The molecule has 5 heteroatoms. The summed E-state index contributed by atoms with van der Waals surface area (Å²) in [5, 5.41) is 6.27. The van der Waals surface area contributed by atoms with Crippen molar-refractivity contribution in [1.29, 1.82) is 0 Å². The second kappa shape index (κ2) is 9.66. The summed E-state index contributed by atoms with van der Waals surface area (Å²) in [4.78, 5) is 24.5. The Morgan fingerprint density at radius 1 is 0.931 bits per heavy atom. The van der Waals surface area contributed by atoms with Crippen molar-refractivity contribution in [3.8, 4) is 0 Å². The number of ether oxygens (including phenoxy) is 1. The Labute approximate surface area is 170 Å². The number of aryl methyl sites for hydroxylation is 1. The van der Waals surface area contributed by atoms with E-state index in [2.05, 4.69) is 10.6 Å². The molecule has 0 bridgehead atoms. The minimum atomic E-state index is -0.353. The van der Waals surface area contributed by atoms with E-state index in [4.69, 9.17) is 4.74 Å². The van der Waals surface area contributed by atoms with Gasteiger partial charge in [0.2, 0.25) is 0 Å². The van der Waals surface area contributed by atoms with E-state index in [0.717, 1.165) is 16.7 Å². The number of carbonyl (C=O) groups excluding carboxylic acids is 2. The van der Waals surface area contributed by atoms with Gasteiger partial charge < -0.3 is 10.1 Å². The molecule has 2 N–H and O–H groups in total. The number of amides is 1. The minimum Gasteiger partial charge on any atom is -0.468 e. The van der Waals surface area contributed by atoms with E-state index in [1.54, 1.807) is 12.1 Å². The summed E-state index contributed by atoms with van der Waals surface area (Å²) in [5.41, 5.74) is 4.19. The van der Waals surface area contributed by atoms with E-state index in [1.165, 1.54) is 7.11 Å². The average molecular weight is 388 g/mol. The van der Waals surface area contributed by atoms with Crippen LogP contribution in [0.25, 0.3) is 0 Å². The van der Waals surface area contributed by atoms with E-state index in [9.17, 15) is 9.59 Å². The van der Waals surface area contributed by atoms with E-state index < -0.39 is 0 Å². The normalized spacial score (nSPS) is 11.5. The molecule has 0 saturated carbocycles. The van der Waals surface area contributed by atoms with Gasteiger partial charge in [-0.15, -0.1) is 0 Å². The molecule has 0 heterocycles. The fourth-order valence-corrected chi connectivity index (χ4v) is 3.13. The Kier molecular flexibility index (Phi) is 6.76. The summed E-state index contributed by atoms with van der Waals surface area (Å²) in [6.45, 7) is 2.05. The Morgan fingerprint density at radius 2 is 1.59 bits per heavy atom. The zero-order valence-electron chi connectivity index (χ0n) is 16.5. The van der Waals surface area contributed by atoms with Gasteiger partial charge >= 0.3 is 5.97 Å². The predicted octanol–water partition coefficient (Wildman–Crippen LogP) is 4.10. The SMILES string of the molecule is COC(=O)CNC(c1ccccc1)c1cc(C)ccc1NC(=O)c1ccccc1.